The largest absolute Gasteiger partial charge is 0.369 e. The number of nitrogens with two attached hydrogens (primary N) is 1. The van der Waals surface area contributed by atoms with Gasteiger partial charge in [0.15, 0.2) is 4.34 Å². The van der Waals surface area contributed by atoms with Crippen LogP contribution in [0.3, 0.4) is 0 Å². The summed E-state index contributed by atoms with van der Waals surface area (Å²) in [7, 11) is 0. The molecule has 2 aromatic carbocycles. The Hall–Kier alpha value is -3.43. The molecule has 0 radical (unpaired) electrons. The second kappa shape index (κ2) is 9.80. The molecule has 2 aromatic heterocycles. The third-order valence-corrected chi connectivity index (χ3v) is 6.88. The molecule has 9 heteroatoms. The van der Waals surface area contributed by atoms with Crippen LogP contribution in [0.1, 0.15) is 10.6 Å². The molecule has 0 aliphatic heterocycles. The summed E-state index contributed by atoms with van der Waals surface area (Å²) >= 11 is 2.72. The lowest BCUT2D eigenvalue weighted by Gasteiger charge is -2.08. The number of benzene rings is 2. The van der Waals surface area contributed by atoms with Crippen molar-refractivity contribution >= 4 is 40.7 Å². The summed E-state index contributed by atoms with van der Waals surface area (Å²) < 4.78 is 2.46. The van der Waals surface area contributed by atoms with Gasteiger partial charge in [-0.15, -0.1) is 11.3 Å². The standard InChI is InChI=1S/C23H21N5O2S2/c1-15-19(13-20(24)29)32-23(25-15)31-14-22(30)26-21-12-18(16-8-4-2-5-9-16)27-28(21)17-10-6-3-7-11-17/h2-12H,13-14H2,1H3,(H2,24,29)(H,26,30). The molecule has 7 nitrogen and oxygen atoms in total. The van der Waals surface area contributed by atoms with E-state index in [9.17, 15) is 9.59 Å². The number of hydrogen-bond acceptors (Lipinski definition) is 6. The molecule has 4 aromatic rings. The van der Waals surface area contributed by atoms with Gasteiger partial charge in [-0.1, -0.05) is 60.3 Å². The third kappa shape index (κ3) is 5.24. The van der Waals surface area contributed by atoms with Crippen LogP contribution in [0.15, 0.2) is 71.1 Å². The fourth-order valence-electron chi connectivity index (χ4n) is 3.08. The summed E-state index contributed by atoms with van der Waals surface area (Å²) in [6.07, 6.45) is 0.161. The first-order valence-corrected chi connectivity index (χ1v) is 11.7. The van der Waals surface area contributed by atoms with Crippen molar-refractivity contribution in [2.24, 2.45) is 5.73 Å². The Morgan fingerprint density at radius 1 is 1.09 bits per heavy atom. The zero-order valence-corrected chi connectivity index (χ0v) is 19.0. The number of thioether (sulfide) groups is 1. The Kier molecular flexibility index (Phi) is 6.67. The predicted molar refractivity (Wildman–Crippen MR) is 128 cm³/mol. The van der Waals surface area contributed by atoms with Crippen molar-refractivity contribution in [3.8, 4) is 16.9 Å². The molecule has 0 bridgehead atoms. The first kappa shape index (κ1) is 21.8. The lowest BCUT2D eigenvalue weighted by molar-refractivity contribution is -0.117. The summed E-state index contributed by atoms with van der Waals surface area (Å²) in [5, 5.41) is 7.67. The fraction of sp³-hybridized carbons (Fsp3) is 0.130. The minimum atomic E-state index is -0.394. The maximum atomic E-state index is 12.7. The van der Waals surface area contributed by atoms with Crippen molar-refractivity contribution in [2.75, 3.05) is 11.1 Å². The molecular formula is C23H21N5O2S2. The van der Waals surface area contributed by atoms with Crippen molar-refractivity contribution in [3.05, 3.63) is 77.3 Å². The van der Waals surface area contributed by atoms with Crippen molar-refractivity contribution in [3.63, 3.8) is 0 Å². The van der Waals surface area contributed by atoms with Gasteiger partial charge in [-0.25, -0.2) is 9.67 Å². The van der Waals surface area contributed by atoms with Crippen LogP contribution in [0.4, 0.5) is 5.82 Å². The molecule has 3 N–H and O–H groups in total. The number of thiazole rings is 1. The van der Waals surface area contributed by atoms with Gasteiger partial charge in [0.05, 0.1) is 29.2 Å². The molecule has 0 fully saturated rings. The van der Waals surface area contributed by atoms with E-state index in [0.717, 1.165) is 31.9 Å². The Morgan fingerprint density at radius 3 is 2.47 bits per heavy atom. The average Bonchev–Trinajstić information content (AvgIpc) is 3.36. The van der Waals surface area contributed by atoms with Gasteiger partial charge in [0.25, 0.3) is 0 Å². The number of aryl methyl sites for hydroxylation is 1. The maximum Gasteiger partial charge on any atom is 0.235 e. The highest BCUT2D eigenvalue weighted by Gasteiger charge is 2.16. The molecule has 4 rings (SSSR count). The number of nitrogens with one attached hydrogen (secondary N) is 1. The fourth-order valence-corrected chi connectivity index (χ4v) is 5.12. The molecule has 0 saturated carbocycles. The number of primary amides is 1. The Balaban J connectivity index is 1.51. The number of para-hydroxylation sites is 1. The minimum absolute atomic E-state index is 0.161. The lowest BCUT2D eigenvalue weighted by atomic mass is 10.2. The number of rotatable bonds is 8. The zero-order valence-electron chi connectivity index (χ0n) is 17.3. The van der Waals surface area contributed by atoms with Crippen LogP contribution in [0.25, 0.3) is 16.9 Å². The van der Waals surface area contributed by atoms with Crippen LogP contribution in [0.5, 0.6) is 0 Å². The topological polar surface area (TPSA) is 103 Å². The van der Waals surface area contributed by atoms with Gasteiger partial charge >= 0.3 is 0 Å². The predicted octanol–water partition coefficient (Wildman–Crippen LogP) is 4.06. The van der Waals surface area contributed by atoms with Gasteiger partial charge in [0.2, 0.25) is 11.8 Å². The second-order valence-corrected chi connectivity index (χ2v) is 9.30. The van der Waals surface area contributed by atoms with Gasteiger partial charge in [-0.3, -0.25) is 9.59 Å². The summed E-state index contributed by atoms with van der Waals surface area (Å²) in [6.45, 7) is 1.84. The number of hydrogen-bond donors (Lipinski definition) is 2. The first-order chi connectivity index (χ1) is 15.5. The van der Waals surface area contributed by atoms with E-state index < -0.39 is 5.91 Å². The second-order valence-electron chi connectivity index (χ2n) is 7.00. The molecule has 2 heterocycles. The van der Waals surface area contributed by atoms with Crippen LogP contribution in [-0.4, -0.2) is 32.3 Å². The summed E-state index contributed by atoms with van der Waals surface area (Å²) in [6, 6.07) is 21.3. The highest BCUT2D eigenvalue weighted by atomic mass is 32.2. The highest BCUT2D eigenvalue weighted by molar-refractivity contribution is 8.01. The van der Waals surface area contributed by atoms with Crippen LogP contribution in [0.2, 0.25) is 0 Å². The van der Waals surface area contributed by atoms with Crippen molar-refractivity contribution in [1.82, 2.24) is 14.8 Å². The smallest absolute Gasteiger partial charge is 0.235 e. The zero-order chi connectivity index (χ0) is 22.5. The van der Waals surface area contributed by atoms with Gasteiger partial charge in [-0.05, 0) is 19.1 Å². The summed E-state index contributed by atoms with van der Waals surface area (Å²) in [5.74, 6) is 0.208. The Labute approximate surface area is 193 Å². The van der Waals surface area contributed by atoms with E-state index in [1.807, 2.05) is 73.7 Å². The van der Waals surface area contributed by atoms with E-state index in [2.05, 4.69) is 10.3 Å². The first-order valence-electron chi connectivity index (χ1n) is 9.88. The monoisotopic (exact) mass is 463 g/mol. The van der Waals surface area contributed by atoms with Gasteiger partial charge in [0, 0.05) is 16.5 Å². The summed E-state index contributed by atoms with van der Waals surface area (Å²) in [5.41, 5.74) is 8.63. The molecule has 0 unspecified atom stereocenters. The molecule has 0 aliphatic carbocycles. The molecule has 2 amide bonds. The summed E-state index contributed by atoms with van der Waals surface area (Å²) in [4.78, 5) is 29.1. The van der Waals surface area contributed by atoms with Crippen LogP contribution >= 0.6 is 23.1 Å². The van der Waals surface area contributed by atoms with E-state index in [1.165, 1.54) is 23.1 Å². The van der Waals surface area contributed by atoms with E-state index in [-0.39, 0.29) is 18.1 Å². The maximum absolute atomic E-state index is 12.7. The van der Waals surface area contributed by atoms with Crippen LogP contribution in [0, 0.1) is 6.92 Å². The normalized spacial score (nSPS) is 10.8. The van der Waals surface area contributed by atoms with Gasteiger partial charge < -0.3 is 11.1 Å². The molecule has 0 atom stereocenters. The number of carbonyl (C=O) groups is 2. The Morgan fingerprint density at radius 2 is 1.78 bits per heavy atom. The number of nitrogens with zero attached hydrogens (tertiary/aromatic N) is 3. The SMILES string of the molecule is Cc1nc(SCC(=O)Nc2cc(-c3ccccc3)nn2-c2ccccc2)sc1CC(N)=O. The van der Waals surface area contributed by atoms with E-state index >= 15 is 0 Å². The van der Waals surface area contributed by atoms with Crippen LogP contribution < -0.4 is 11.1 Å². The van der Waals surface area contributed by atoms with Gasteiger partial charge in [0.1, 0.15) is 5.82 Å². The van der Waals surface area contributed by atoms with E-state index in [0.29, 0.717) is 5.82 Å². The Bertz CT molecular complexity index is 1240. The third-order valence-electron chi connectivity index (χ3n) is 4.58. The number of amides is 2. The highest BCUT2D eigenvalue weighted by Crippen LogP contribution is 2.28. The molecule has 0 saturated heterocycles. The number of anilines is 1. The quantitative estimate of drug-likeness (QED) is 0.384. The molecule has 0 aliphatic rings. The van der Waals surface area contributed by atoms with E-state index in [4.69, 9.17) is 10.8 Å². The lowest BCUT2D eigenvalue weighted by Crippen LogP contribution is -2.16. The minimum Gasteiger partial charge on any atom is -0.369 e. The number of aromatic nitrogens is 3. The van der Waals surface area contributed by atoms with Crippen molar-refractivity contribution in [2.45, 2.75) is 17.7 Å². The van der Waals surface area contributed by atoms with E-state index in [1.54, 1.807) is 4.68 Å². The van der Waals surface area contributed by atoms with Crippen LogP contribution in [-0.2, 0) is 16.0 Å². The average molecular weight is 464 g/mol. The molecule has 32 heavy (non-hydrogen) atoms. The molecular weight excluding hydrogens is 442 g/mol. The molecule has 0 spiro atoms. The van der Waals surface area contributed by atoms with Gasteiger partial charge in [-0.2, -0.15) is 5.10 Å². The van der Waals surface area contributed by atoms with Crippen molar-refractivity contribution in [1.29, 1.82) is 0 Å². The number of carbonyl (C=O) groups excluding carboxylic acids is 2. The molecule has 162 valence electrons. The van der Waals surface area contributed by atoms with Crippen molar-refractivity contribution < 1.29 is 9.59 Å².